The molecule has 0 spiro atoms. The minimum atomic E-state index is -0.400. The van der Waals surface area contributed by atoms with E-state index in [9.17, 15) is 10.1 Å². The lowest BCUT2D eigenvalue weighted by molar-refractivity contribution is -0.384. The monoisotopic (exact) mass is 247 g/mol. The highest BCUT2D eigenvalue weighted by molar-refractivity contribution is 5.35. The fourth-order valence-corrected chi connectivity index (χ4v) is 1.79. The first-order valence-corrected chi connectivity index (χ1v) is 5.95. The predicted molar refractivity (Wildman–Crippen MR) is 69.0 cm³/mol. The summed E-state index contributed by atoms with van der Waals surface area (Å²) >= 11 is 0. The summed E-state index contributed by atoms with van der Waals surface area (Å²) < 4.78 is 0. The Morgan fingerprint density at radius 1 is 1.56 bits per heavy atom. The Kier molecular flexibility index (Phi) is 5.28. The van der Waals surface area contributed by atoms with E-state index in [-0.39, 0.29) is 17.8 Å². The van der Waals surface area contributed by atoms with Crippen LogP contribution in [0.3, 0.4) is 0 Å². The molecular formula is C13H17N3O2. The third kappa shape index (κ3) is 3.82. The van der Waals surface area contributed by atoms with Crippen LogP contribution >= 0.6 is 0 Å². The first-order chi connectivity index (χ1) is 8.58. The Morgan fingerprint density at radius 2 is 2.28 bits per heavy atom. The second-order valence-corrected chi connectivity index (χ2v) is 4.21. The summed E-state index contributed by atoms with van der Waals surface area (Å²) in [5.74, 6) is 0. The molecule has 1 aromatic carbocycles. The number of nitro groups is 1. The van der Waals surface area contributed by atoms with Crippen LogP contribution in [0.2, 0.25) is 0 Å². The molecule has 1 N–H and O–H groups in total. The highest BCUT2D eigenvalue weighted by Gasteiger charge is 2.14. The van der Waals surface area contributed by atoms with Gasteiger partial charge in [-0.25, -0.2) is 0 Å². The molecule has 1 aromatic rings. The minimum Gasteiger partial charge on any atom is -0.306 e. The fourth-order valence-electron chi connectivity index (χ4n) is 1.79. The third-order valence-corrected chi connectivity index (χ3v) is 2.90. The number of benzene rings is 1. The van der Waals surface area contributed by atoms with Crippen molar-refractivity contribution in [2.24, 2.45) is 0 Å². The lowest BCUT2D eigenvalue weighted by atomic mass is 10.0. The topological polar surface area (TPSA) is 79.0 Å². The van der Waals surface area contributed by atoms with Crippen molar-refractivity contribution in [2.45, 2.75) is 38.8 Å². The quantitative estimate of drug-likeness (QED) is 0.619. The predicted octanol–water partition coefficient (Wildman–Crippen LogP) is 2.94. The van der Waals surface area contributed by atoms with E-state index < -0.39 is 4.92 Å². The van der Waals surface area contributed by atoms with Crippen molar-refractivity contribution < 1.29 is 4.92 Å². The van der Waals surface area contributed by atoms with Crippen molar-refractivity contribution in [1.82, 2.24) is 5.32 Å². The lowest BCUT2D eigenvalue weighted by Crippen LogP contribution is -2.30. The van der Waals surface area contributed by atoms with Crippen LogP contribution in [0.15, 0.2) is 24.3 Å². The normalized spacial score (nSPS) is 13.6. The van der Waals surface area contributed by atoms with Crippen molar-refractivity contribution in [3.63, 3.8) is 0 Å². The number of nitrogens with zero attached hydrogens (tertiary/aromatic N) is 2. The van der Waals surface area contributed by atoms with Gasteiger partial charge < -0.3 is 5.32 Å². The molecule has 0 aromatic heterocycles. The number of hydrogen-bond donors (Lipinski definition) is 1. The molecule has 18 heavy (non-hydrogen) atoms. The average molecular weight is 247 g/mol. The summed E-state index contributed by atoms with van der Waals surface area (Å²) in [6.07, 6.45) is 1.29. The molecule has 0 aliphatic heterocycles. The molecule has 5 nitrogen and oxygen atoms in total. The van der Waals surface area contributed by atoms with Gasteiger partial charge in [0, 0.05) is 24.2 Å². The Bertz CT molecular complexity index is 454. The Morgan fingerprint density at radius 3 is 2.83 bits per heavy atom. The zero-order valence-corrected chi connectivity index (χ0v) is 10.6. The van der Waals surface area contributed by atoms with Gasteiger partial charge in [-0.05, 0) is 18.9 Å². The zero-order chi connectivity index (χ0) is 13.5. The van der Waals surface area contributed by atoms with Gasteiger partial charge in [0.25, 0.3) is 5.69 Å². The number of hydrogen-bond acceptors (Lipinski definition) is 4. The molecule has 96 valence electrons. The Balaban J connectivity index is 2.77. The molecule has 0 radical (unpaired) electrons. The van der Waals surface area contributed by atoms with Crippen molar-refractivity contribution >= 4 is 5.69 Å². The van der Waals surface area contributed by atoms with E-state index in [1.54, 1.807) is 12.1 Å². The van der Waals surface area contributed by atoms with Gasteiger partial charge >= 0.3 is 0 Å². The highest BCUT2D eigenvalue weighted by atomic mass is 16.6. The second kappa shape index (κ2) is 6.72. The smallest absolute Gasteiger partial charge is 0.269 e. The van der Waals surface area contributed by atoms with Gasteiger partial charge in [-0.15, -0.1) is 0 Å². The number of rotatable bonds is 6. The number of nitrogens with one attached hydrogen (secondary N) is 1. The van der Waals surface area contributed by atoms with Crippen LogP contribution in [-0.2, 0) is 0 Å². The molecule has 5 heteroatoms. The Hall–Kier alpha value is -1.93. The van der Waals surface area contributed by atoms with Gasteiger partial charge in [-0.1, -0.05) is 19.1 Å². The molecule has 0 amide bonds. The summed E-state index contributed by atoms with van der Waals surface area (Å²) in [7, 11) is 0. The second-order valence-electron chi connectivity index (χ2n) is 4.21. The average Bonchev–Trinajstić information content (AvgIpc) is 2.38. The number of nitriles is 1. The molecule has 0 saturated heterocycles. The van der Waals surface area contributed by atoms with Crippen molar-refractivity contribution in [3.05, 3.63) is 39.9 Å². The molecule has 0 saturated carbocycles. The summed E-state index contributed by atoms with van der Waals surface area (Å²) in [5.41, 5.74) is 0.954. The largest absolute Gasteiger partial charge is 0.306 e. The van der Waals surface area contributed by atoms with E-state index in [1.165, 1.54) is 6.07 Å². The molecule has 0 fully saturated rings. The van der Waals surface area contributed by atoms with E-state index in [0.717, 1.165) is 12.0 Å². The molecular weight excluding hydrogens is 230 g/mol. The molecule has 2 unspecified atom stereocenters. The van der Waals surface area contributed by atoms with Crippen LogP contribution in [0.25, 0.3) is 0 Å². The van der Waals surface area contributed by atoms with Crippen LogP contribution in [0, 0.1) is 21.4 Å². The fraction of sp³-hybridized carbons (Fsp3) is 0.462. The summed E-state index contributed by atoms with van der Waals surface area (Å²) in [4.78, 5) is 10.3. The van der Waals surface area contributed by atoms with Gasteiger partial charge in [0.15, 0.2) is 0 Å². The van der Waals surface area contributed by atoms with Crippen LogP contribution in [0.5, 0.6) is 0 Å². The van der Waals surface area contributed by atoms with Gasteiger partial charge in [0.2, 0.25) is 0 Å². The molecule has 1 rings (SSSR count). The van der Waals surface area contributed by atoms with Gasteiger partial charge in [-0.3, -0.25) is 10.1 Å². The van der Waals surface area contributed by atoms with Gasteiger partial charge in [-0.2, -0.15) is 5.26 Å². The van der Waals surface area contributed by atoms with Crippen LogP contribution in [0.1, 0.15) is 38.3 Å². The molecule has 0 heterocycles. The molecule has 0 aliphatic rings. The van der Waals surface area contributed by atoms with Crippen molar-refractivity contribution in [3.8, 4) is 6.07 Å². The lowest BCUT2D eigenvalue weighted by Gasteiger charge is -2.20. The van der Waals surface area contributed by atoms with Gasteiger partial charge in [0.05, 0.1) is 17.4 Å². The molecule has 0 aliphatic carbocycles. The molecule has 0 bridgehead atoms. The zero-order valence-electron chi connectivity index (χ0n) is 10.6. The summed E-state index contributed by atoms with van der Waals surface area (Å²) in [6, 6.07) is 8.81. The minimum absolute atomic E-state index is 0.0109. The standard InChI is InChI=1S/C13H17N3O2/c1-3-12(7-8-14)15-10(2)11-5-4-6-13(9-11)16(17)18/h4-6,9-10,12,15H,3,7H2,1-2H3. The Labute approximate surface area is 107 Å². The van der Waals surface area contributed by atoms with Crippen LogP contribution < -0.4 is 5.32 Å². The first-order valence-electron chi connectivity index (χ1n) is 5.95. The van der Waals surface area contributed by atoms with E-state index in [1.807, 2.05) is 19.9 Å². The maximum atomic E-state index is 10.7. The van der Waals surface area contributed by atoms with E-state index in [2.05, 4.69) is 11.4 Å². The van der Waals surface area contributed by atoms with E-state index >= 15 is 0 Å². The van der Waals surface area contributed by atoms with E-state index in [4.69, 9.17) is 5.26 Å². The van der Waals surface area contributed by atoms with Crippen molar-refractivity contribution in [2.75, 3.05) is 0 Å². The third-order valence-electron chi connectivity index (χ3n) is 2.90. The maximum Gasteiger partial charge on any atom is 0.269 e. The maximum absolute atomic E-state index is 10.7. The van der Waals surface area contributed by atoms with Gasteiger partial charge in [0.1, 0.15) is 0 Å². The SMILES string of the molecule is CCC(CC#N)NC(C)c1cccc([N+](=O)[O-])c1. The van der Waals surface area contributed by atoms with E-state index in [0.29, 0.717) is 6.42 Å². The number of non-ortho nitro benzene ring substituents is 1. The number of nitro benzene ring substituents is 1. The van der Waals surface area contributed by atoms with Crippen LogP contribution in [-0.4, -0.2) is 11.0 Å². The first kappa shape index (κ1) is 14.1. The van der Waals surface area contributed by atoms with Crippen molar-refractivity contribution in [1.29, 1.82) is 5.26 Å². The van der Waals surface area contributed by atoms with Crippen LogP contribution in [0.4, 0.5) is 5.69 Å². The molecule has 2 atom stereocenters. The highest BCUT2D eigenvalue weighted by Crippen LogP contribution is 2.19. The summed E-state index contributed by atoms with van der Waals surface area (Å²) in [6.45, 7) is 3.95. The summed E-state index contributed by atoms with van der Waals surface area (Å²) in [5, 5.41) is 22.7.